The van der Waals surface area contributed by atoms with Gasteiger partial charge in [-0.1, -0.05) is 6.92 Å². The number of likely N-dealkylation sites (N-methyl/N-ethyl adjacent to an activating group) is 2. The molecule has 0 bridgehead atoms. The van der Waals surface area contributed by atoms with Crippen LogP contribution in [0.1, 0.15) is 37.2 Å². The van der Waals surface area contributed by atoms with Crippen molar-refractivity contribution in [2.75, 3.05) is 38.5 Å². The zero-order chi connectivity index (χ0) is 15.2. The predicted octanol–water partition coefficient (Wildman–Crippen LogP) is 1.46. The Bertz CT molecular complexity index is 479. The van der Waals surface area contributed by atoms with Crippen molar-refractivity contribution in [1.82, 2.24) is 19.8 Å². The molecule has 1 aliphatic heterocycles. The van der Waals surface area contributed by atoms with Gasteiger partial charge in [0.25, 0.3) is 5.91 Å². The lowest BCUT2D eigenvalue weighted by atomic mass is 10.2. The lowest BCUT2D eigenvalue weighted by Crippen LogP contribution is -2.41. The molecule has 1 unspecified atom stereocenters. The number of carbonyl (C=O) groups excluding carboxylic acids is 1. The Morgan fingerprint density at radius 2 is 2.29 bits per heavy atom. The molecular weight excluding hydrogens is 266 g/mol. The van der Waals surface area contributed by atoms with E-state index in [0.29, 0.717) is 17.6 Å². The van der Waals surface area contributed by atoms with E-state index in [1.54, 1.807) is 11.1 Å². The molecule has 21 heavy (non-hydrogen) atoms. The number of hydrogen-bond donors (Lipinski definition) is 1. The lowest BCUT2D eigenvalue weighted by Gasteiger charge is -2.27. The summed E-state index contributed by atoms with van der Waals surface area (Å²) in [6.07, 6.45) is 5.55. The summed E-state index contributed by atoms with van der Waals surface area (Å²) in [5.41, 5.74) is 0.400. The quantitative estimate of drug-likeness (QED) is 0.860. The summed E-state index contributed by atoms with van der Waals surface area (Å²) in [7, 11) is 1.84. The molecule has 0 saturated carbocycles. The van der Waals surface area contributed by atoms with Gasteiger partial charge in [0.05, 0.1) is 12.4 Å². The molecule has 1 saturated heterocycles. The molecule has 116 valence electrons. The van der Waals surface area contributed by atoms with Gasteiger partial charge in [-0.05, 0) is 32.9 Å². The highest BCUT2D eigenvalue weighted by molar-refractivity contribution is 5.92. The minimum Gasteiger partial charge on any atom is -0.369 e. The van der Waals surface area contributed by atoms with E-state index in [9.17, 15) is 4.79 Å². The molecule has 1 aromatic heterocycles. The summed E-state index contributed by atoms with van der Waals surface area (Å²) in [4.78, 5) is 25.1. The SMILES string of the molecule is CCNc1cncc(C(=O)N(C)CC2CCCN2CC)n1. The third-order valence-corrected chi connectivity index (χ3v) is 3.95. The minimum absolute atomic E-state index is 0.0646. The third kappa shape index (κ3) is 3.91. The maximum Gasteiger partial charge on any atom is 0.273 e. The number of anilines is 1. The van der Waals surface area contributed by atoms with E-state index < -0.39 is 0 Å². The molecule has 1 aliphatic rings. The van der Waals surface area contributed by atoms with E-state index in [-0.39, 0.29) is 5.91 Å². The van der Waals surface area contributed by atoms with Crippen molar-refractivity contribution in [3.05, 3.63) is 18.1 Å². The van der Waals surface area contributed by atoms with Gasteiger partial charge in [0, 0.05) is 26.2 Å². The van der Waals surface area contributed by atoms with Gasteiger partial charge in [-0.25, -0.2) is 4.98 Å². The first-order valence-electron chi connectivity index (χ1n) is 7.71. The molecular formula is C15H25N5O. The van der Waals surface area contributed by atoms with Crippen LogP contribution >= 0.6 is 0 Å². The van der Waals surface area contributed by atoms with Crippen LogP contribution in [-0.2, 0) is 0 Å². The van der Waals surface area contributed by atoms with Crippen LogP contribution in [0.5, 0.6) is 0 Å². The Morgan fingerprint density at radius 3 is 3.00 bits per heavy atom. The van der Waals surface area contributed by atoms with Crippen LogP contribution in [-0.4, -0.2) is 64.9 Å². The average molecular weight is 291 g/mol. The fourth-order valence-corrected chi connectivity index (χ4v) is 2.85. The molecule has 6 nitrogen and oxygen atoms in total. The maximum absolute atomic E-state index is 12.5. The van der Waals surface area contributed by atoms with Crippen LogP contribution < -0.4 is 5.32 Å². The molecule has 0 radical (unpaired) electrons. The van der Waals surface area contributed by atoms with Gasteiger partial charge < -0.3 is 10.2 Å². The third-order valence-electron chi connectivity index (χ3n) is 3.95. The Kier molecular flexibility index (Phi) is 5.50. The fraction of sp³-hybridized carbons (Fsp3) is 0.667. The second-order valence-electron chi connectivity index (χ2n) is 5.43. The molecule has 6 heteroatoms. The number of aromatic nitrogens is 2. The highest BCUT2D eigenvalue weighted by Gasteiger charge is 2.26. The van der Waals surface area contributed by atoms with E-state index >= 15 is 0 Å². The zero-order valence-corrected chi connectivity index (χ0v) is 13.2. The van der Waals surface area contributed by atoms with Crippen molar-refractivity contribution in [2.24, 2.45) is 0 Å². The summed E-state index contributed by atoms with van der Waals surface area (Å²) in [5.74, 6) is 0.581. The fourth-order valence-electron chi connectivity index (χ4n) is 2.85. The van der Waals surface area contributed by atoms with Gasteiger partial charge in [-0.3, -0.25) is 14.7 Å². The summed E-state index contributed by atoms with van der Waals surface area (Å²) >= 11 is 0. The van der Waals surface area contributed by atoms with E-state index in [1.165, 1.54) is 12.6 Å². The first kappa shape index (κ1) is 15.7. The Hall–Kier alpha value is -1.69. The molecule has 0 spiro atoms. The largest absolute Gasteiger partial charge is 0.369 e. The Morgan fingerprint density at radius 1 is 1.48 bits per heavy atom. The molecule has 1 aromatic rings. The topological polar surface area (TPSA) is 61.4 Å². The van der Waals surface area contributed by atoms with Gasteiger partial charge in [0.2, 0.25) is 0 Å². The number of likely N-dealkylation sites (tertiary alicyclic amines) is 1. The Balaban J connectivity index is 2.00. The molecule has 1 amide bonds. The second-order valence-corrected chi connectivity index (χ2v) is 5.43. The van der Waals surface area contributed by atoms with Crippen molar-refractivity contribution in [3.63, 3.8) is 0 Å². The van der Waals surface area contributed by atoms with Crippen LogP contribution in [0.2, 0.25) is 0 Å². The number of carbonyl (C=O) groups is 1. The standard InChI is InChI=1S/C15H25N5O/c1-4-17-14-10-16-9-13(18-14)15(21)19(3)11-12-7-6-8-20(12)5-2/h9-10,12H,4-8,11H2,1-3H3,(H,17,18). The number of nitrogens with one attached hydrogen (secondary N) is 1. The van der Waals surface area contributed by atoms with Gasteiger partial charge in [0.15, 0.2) is 0 Å². The van der Waals surface area contributed by atoms with Crippen LogP contribution in [0.3, 0.4) is 0 Å². The number of nitrogens with zero attached hydrogens (tertiary/aromatic N) is 4. The van der Waals surface area contributed by atoms with Crippen molar-refractivity contribution < 1.29 is 4.79 Å². The first-order chi connectivity index (χ1) is 10.2. The van der Waals surface area contributed by atoms with Gasteiger partial charge in [-0.2, -0.15) is 0 Å². The van der Waals surface area contributed by atoms with Crippen LogP contribution in [0.25, 0.3) is 0 Å². The van der Waals surface area contributed by atoms with Gasteiger partial charge in [-0.15, -0.1) is 0 Å². The molecule has 0 aliphatic carbocycles. The van der Waals surface area contributed by atoms with Crippen molar-refractivity contribution in [3.8, 4) is 0 Å². The van der Waals surface area contributed by atoms with Crippen molar-refractivity contribution in [2.45, 2.75) is 32.7 Å². The number of rotatable bonds is 6. The van der Waals surface area contributed by atoms with Crippen LogP contribution in [0.4, 0.5) is 5.82 Å². The van der Waals surface area contributed by atoms with Crippen molar-refractivity contribution >= 4 is 11.7 Å². The van der Waals surface area contributed by atoms with Crippen LogP contribution in [0, 0.1) is 0 Å². The summed E-state index contributed by atoms with van der Waals surface area (Å²) in [6.45, 7) is 7.85. The molecule has 1 fully saturated rings. The molecule has 2 heterocycles. The van der Waals surface area contributed by atoms with Gasteiger partial charge in [0.1, 0.15) is 11.5 Å². The lowest BCUT2D eigenvalue weighted by molar-refractivity contribution is 0.0748. The highest BCUT2D eigenvalue weighted by Crippen LogP contribution is 2.17. The highest BCUT2D eigenvalue weighted by atomic mass is 16.2. The van der Waals surface area contributed by atoms with E-state index in [4.69, 9.17) is 0 Å². The summed E-state index contributed by atoms with van der Waals surface area (Å²) < 4.78 is 0. The van der Waals surface area contributed by atoms with Gasteiger partial charge >= 0.3 is 0 Å². The zero-order valence-electron chi connectivity index (χ0n) is 13.2. The Labute approximate surface area is 126 Å². The van der Waals surface area contributed by atoms with E-state index in [0.717, 1.165) is 32.6 Å². The summed E-state index contributed by atoms with van der Waals surface area (Å²) in [6, 6.07) is 0.467. The van der Waals surface area contributed by atoms with E-state index in [1.807, 2.05) is 14.0 Å². The van der Waals surface area contributed by atoms with Crippen LogP contribution in [0.15, 0.2) is 12.4 Å². The minimum atomic E-state index is -0.0646. The average Bonchev–Trinajstić information content (AvgIpc) is 2.94. The molecule has 1 N–H and O–H groups in total. The second kappa shape index (κ2) is 7.36. The molecule has 0 aromatic carbocycles. The predicted molar refractivity (Wildman–Crippen MR) is 83.4 cm³/mol. The summed E-state index contributed by atoms with van der Waals surface area (Å²) in [5, 5.41) is 3.08. The normalized spacial score (nSPS) is 18.7. The number of hydrogen-bond acceptors (Lipinski definition) is 5. The molecule has 2 rings (SSSR count). The van der Waals surface area contributed by atoms with Crippen molar-refractivity contribution in [1.29, 1.82) is 0 Å². The number of amides is 1. The van der Waals surface area contributed by atoms with E-state index in [2.05, 4.69) is 27.1 Å². The molecule has 1 atom stereocenters. The first-order valence-corrected chi connectivity index (χ1v) is 7.71. The monoisotopic (exact) mass is 291 g/mol. The smallest absolute Gasteiger partial charge is 0.273 e. The maximum atomic E-state index is 12.5.